The molecule has 0 unspecified atom stereocenters. The highest BCUT2D eigenvalue weighted by Gasteiger charge is 2.48. The van der Waals surface area contributed by atoms with Gasteiger partial charge in [-0.1, -0.05) is 67.4 Å². The Labute approximate surface area is 217 Å². The van der Waals surface area contributed by atoms with Crippen LogP contribution in [0.25, 0.3) is 0 Å². The standard InChI is InChI=1S/C31H32FN3O2/c32-22-15-16-23-27(19-22)33-28(20-9-3-1-4-10-20)25-17-18-35(29(23)25)31(37)24-13-7-8-14-26(24)34-30(36)21-11-5-2-6-12-21/h1-6,9-12,15-16,19,24-26,28-29,33H,7-8,13-14,17-18H2,(H,34,36)/t24-,25-,26+,28+,29+/m0/s1. The Morgan fingerprint density at radius 2 is 1.62 bits per heavy atom. The van der Waals surface area contributed by atoms with Crippen LogP contribution in [0.3, 0.4) is 0 Å². The largest absolute Gasteiger partial charge is 0.377 e. The van der Waals surface area contributed by atoms with Gasteiger partial charge in [-0.15, -0.1) is 0 Å². The molecule has 2 amide bonds. The van der Waals surface area contributed by atoms with Crippen LogP contribution >= 0.6 is 0 Å². The van der Waals surface area contributed by atoms with E-state index in [-0.39, 0.29) is 47.6 Å². The minimum atomic E-state index is -0.289. The molecule has 0 bridgehead atoms. The van der Waals surface area contributed by atoms with Crippen molar-refractivity contribution in [2.45, 2.75) is 50.2 Å². The van der Waals surface area contributed by atoms with Crippen molar-refractivity contribution in [2.24, 2.45) is 11.8 Å². The zero-order chi connectivity index (χ0) is 25.4. The number of benzene rings is 3. The van der Waals surface area contributed by atoms with Crippen molar-refractivity contribution >= 4 is 17.5 Å². The fourth-order valence-electron chi connectivity index (χ4n) is 6.64. The summed E-state index contributed by atoms with van der Waals surface area (Å²) in [7, 11) is 0. The number of hydrogen-bond acceptors (Lipinski definition) is 3. The number of fused-ring (bicyclic) bond motifs is 3. The molecule has 6 heteroatoms. The molecule has 2 fully saturated rings. The summed E-state index contributed by atoms with van der Waals surface area (Å²) < 4.78 is 14.3. The van der Waals surface area contributed by atoms with Crippen molar-refractivity contribution in [1.82, 2.24) is 10.2 Å². The second kappa shape index (κ2) is 10.0. The average molecular weight is 498 g/mol. The monoisotopic (exact) mass is 497 g/mol. The van der Waals surface area contributed by atoms with Crippen LogP contribution in [0.1, 0.15) is 65.7 Å². The maximum atomic E-state index is 14.3. The van der Waals surface area contributed by atoms with E-state index >= 15 is 0 Å². The number of amides is 2. The molecule has 2 aliphatic heterocycles. The van der Waals surface area contributed by atoms with E-state index in [0.29, 0.717) is 12.1 Å². The van der Waals surface area contributed by atoms with Crippen LogP contribution in [0.5, 0.6) is 0 Å². The van der Waals surface area contributed by atoms with Gasteiger partial charge >= 0.3 is 0 Å². The predicted molar refractivity (Wildman–Crippen MR) is 141 cm³/mol. The first kappa shape index (κ1) is 23.7. The maximum absolute atomic E-state index is 14.3. The number of rotatable bonds is 4. The fraction of sp³-hybridized carbons (Fsp3) is 0.355. The number of nitrogens with one attached hydrogen (secondary N) is 2. The summed E-state index contributed by atoms with van der Waals surface area (Å²) in [5, 5.41) is 6.76. The second-order valence-electron chi connectivity index (χ2n) is 10.5. The molecule has 5 atom stereocenters. The zero-order valence-electron chi connectivity index (χ0n) is 20.8. The van der Waals surface area contributed by atoms with Crippen LogP contribution < -0.4 is 10.6 Å². The van der Waals surface area contributed by atoms with Crippen LogP contribution in [0.4, 0.5) is 10.1 Å². The van der Waals surface area contributed by atoms with E-state index < -0.39 is 0 Å². The number of nitrogens with zero attached hydrogens (tertiary/aromatic N) is 1. The van der Waals surface area contributed by atoms with Gasteiger partial charge in [-0.25, -0.2) is 4.39 Å². The van der Waals surface area contributed by atoms with Gasteiger partial charge in [0.25, 0.3) is 5.91 Å². The molecule has 3 aromatic carbocycles. The number of halogens is 1. The zero-order valence-corrected chi connectivity index (χ0v) is 20.8. The van der Waals surface area contributed by atoms with Crippen molar-refractivity contribution in [3.63, 3.8) is 0 Å². The van der Waals surface area contributed by atoms with Gasteiger partial charge in [-0.05, 0) is 54.7 Å². The van der Waals surface area contributed by atoms with Crippen molar-refractivity contribution in [3.05, 3.63) is 101 Å². The van der Waals surface area contributed by atoms with Crippen LogP contribution in [-0.2, 0) is 4.79 Å². The third-order valence-electron chi connectivity index (χ3n) is 8.40. The van der Waals surface area contributed by atoms with Gasteiger partial charge < -0.3 is 15.5 Å². The summed E-state index contributed by atoms with van der Waals surface area (Å²) in [4.78, 5) is 29.2. The Balaban J connectivity index is 1.29. The molecule has 2 N–H and O–H groups in total. The molecule has 5 nitrogen and oxygen atoms in total. The minimum Gasteiger partial charge on any atom is -0.377 e. The number of likely N-dealkylation sites (tertiary alicyclic amines) is 1. The Morgan fingerprint density at radius 1 is 0.892 bits per heavy atom. The molecule has 1 aliphatic carbocycles. The van der Waals surface area contributed by atoms with Gasteiger partial charge in [-0.2, -0.15) is 0 Å². The number of anilines is 1. The quantitative estimate of drug-likeness (QED) is 0.474. The molecule has 37 heavy (non-hydrogen) atoms. The number of hydrogen-bond donors (Lipinski definition) is 2. The van der Waals surface area contributed by atoms with Crippen LogP contribution in [-0.4, -0.2) is 29.3 Å². The van der Waals surface area contributed by atoms with Crippen molar-refractivity contribution < 1.29 is 14.0 Å². The lowest BCUT2D eigenvalue weighted by atomic mass is 9.79. The molecule has 6 rings (SSSR count). The van der Waals surface area contributed by atoms with E-state index in [0.717, 1.165) is 48.9 Å². The Morgan fingerprint density at radius 3 is 2.41 bits per heavy atom. The Hall–Kier alpha value is -3.67. The van der Waals surface area contributed by atoms with Crippen LogP contribution in [0.2, 0.25) is 0 Å². The third kappa shape index (κ3) is 4.50. The van der Waals surface area contributed by atoms with Gasteiger partial charge in [0.2, 0.25) is 5.91 Å². The first-order valence-corrected chi connectivity index (χ1v) is 13.4. The molecule has 0 radical (unpaired) electrons. The van der Waals surface area contributed by atoms with E-state index in [2.05, 4.69) is 22.8 Å². The van der Waals surface area contributed by atoms with E-state index in [1.165, 1.54) is 6.07 Å². The van der Waals surface area contributed by atoms with E-state index in [9.17, 15) is 14.0 Å². The molecule has 3 aromatic rings. The van der Waals surface area contributed by atoms with Crippen molar-refractivity contribution in [1.29, 1.82) is 0 Å². The Kier molecular flexibility index (Phi) is 6.41. The lowest BCUT2D eigenvalue weighted by molar-refractivity contribution is -0.138. The highest BCUT2D eigenvalue weighted by molar-refractivity contribution is 5.95. The summed E-state index contributed by atoms with van der Waals surface area (Å²) in [5.41, 5.74) is 3.49. The van der Waals surface area contributed by atoms with Crippen LogP contribution in [0, 0.1) is 17.7 Å². The highest BCUT2D eigenvalue weighted by atomic mass is 19.1. The highest BCUT2D eigenvalue weighted by Crippen LogP contribution is 2.52. The molecule has 190 valence electrons. The summed E-state index contributed by atoms with van der Waals surface area (Å²) in [5.74, 6) is -0.381. The van der Waals surface area contributed by atoms with Gasteiger partial charge in [0.15, 0.2) is 0 Å². The molecular weight excluding hydrogens is 465 g/mol. The summed E-state index contributed by atoms with van der Waals surface area (Å²) >= 11 is 0. The maximum Gasteiger partial charge on any atom is 0.251 e. The van der Waals surface area contributed by atoms with Crippen molar-refractivity contribution in [3.8, 4) is 0 Å². The molecular formula is C31H32FN3O2. The minimum absolute atomic E-state index is 0.00163. The predicted octanol–water partition coefficient (Wildman–Crippen LogP) is 5.87. The lowest BCUT2D eigenvalue weighted by Crippen LogP contribution is -2.50. The SMILES string of the molecule is O=C(N[C@@H]1CCCC[C@@H]1C(=O)N1CC[C@H]2[C@@H](c3ccccc3)Nc3cc(F)ccc3[C@H]21)c1ccccc1. The number of carbonyl (C=O) groups excluding carboxylic acids is 2. The molecule has 2 heterocycles. The van der Waals surface area contributed by atoms with Crippen molar-refractivity contribution in [2.75, 3.05) is 11.9 Å². The molecule has 0 aromatic heterocycles. The fourth-order valence-corrected chi connectivity index (χ4v) is 6.64. The second-order valence-corrected chi connectivity index (χ2v) is 10.5. The summed E-state index contributed by atoms with van der Waals surface area (Å²) in [6, 6.07) is 24.0. The van der Waals surface area contributed by atoms with Gasteiger partial charge in [0, 0.05) is 29.8 Å². The Bertz CT molecular complexity index is 1280. The van der Waals surface area contributed by atoms with Gasteiger partial charge in [0.05, 0.1) is 18.0 Å². The lowest BCUT2D eigenvalue weighted by Gasteiger charge is -2.42. The normalized spacial score (nSPS) is 26.5. The summed E-state index contributed by atoms with van der Waals surface area (Å²) in [6.45, 7) is 0.659. The van der Waals surface area contributed by atoms with Gasteiger partial charge in [0.1, 0.15) is 5.82 Å². The first-order valence-electron chi connectivity index (χ1n) is 13.4. The number of carbonyl (C=O) groups is 2. The first-order chi connectivity index (χ1) is 18.1. The van der Waals surface area contributed by atoms with E-state index in [1.54, 1.807) is 18.2 Å². The molecule has 3 aliphatic rings. The third-order valence-corrected chi connectivity index (χ3v) is 8.40. The molecule has 0 spiro atoms. The smallest absolute Gasteiger partial charge is 0.251 e. The van der Waals surface area contributed by atoms with E-state index in [1.807, 2.05) is 47.4 Å². The topological polar surface area (TPSA) is 61.4 Å². The van der Waals surface area contributed by atoms with E-state index in [4.69, 9.17) is 0 Å². The molecule has 1 saturated carbocycles. The molecule has 1 saturated heterocycles. The summed E-state index contributed by atoms with van der Waals surface area (Å²) in [6.07, 6.45) is 4.41. The van der Waals surface area contributed by atoms with Crippen LogP contribution in [0.15, 0.2) is 78.9 Å². The van der Waals surface area contributed by atoms with Gasteiger partial charge in [-0.3, -0.25) is 9.59 Å². The average Bonchev–Trinajstić information content (AvgIpc) is 3.39.